The number of carbonyl (C=O) groups excluding carboxylic acids is 2. The lowest BCUT2D eigenvalue weighted by Gasteiger charge is -2.14. The van der Waals surface area contributed by atoms with Gasteiger partial charge in [0.05, 0.1) is 23.9 Å². The zero-order valence-electron chi connectivity index (χ0n) is 11.7. The molecule has 1 aliphatic heterocycles. The predicted molar refractivity (Wildman–Crippen MR) is 80.1 cm³/mol. The van der Waals surface area contributed by atoms with Crippen molar-refractivity contribution in [2.24, 2.45) is 0 Å². The van der Waals surface area contributed by atoms with Gasteiger partial charge in [-0.25, -0.2) is 4.90 Å². The van der Waals surface area contributed by atoms with E-state index in [1.807, 2.05) is 19.2 Å². The summed E-state index contributed by atoms with van der Waals surface area (Å²) >= 11 is 0. The van der Waals surface area contributed by atoms with Crippen molar-refractivity contribution in [1.82, 2.24) is 0 Å². The van der Waals surface area contributed by atoms with Gasteiger partial charge in [-0.3, -0.25) is 9.59 Å². The maximum Gasteiger partial charge on any atom is 0.266 e. The number of benzene rings is 2. The molecule has 106 valence electrons. The summed E-state index contributed by atoms with van der Waals surface area (Å²) in [6.07, 6.45) is 0. The Balaban J connectivity index is 2.02. The zero-order valence-corrected chi connectivity index (χ0v) is 11.7. The van der Waals surface area contributed by atoms with Gasteiger partial charge in [-0.15, -0.1) is 0 Å². The molecule has 0 atom stereocenters. The highest BCUT2D eigenvalue weighted by atomic mass is 16.5. The molecule has 2 aromatic rings. The van der Waals surface area contributed by atoms with Gasteiger partial charge >= 0.3 is 0 Å². The van der Waals surface area contributed by atoms with Gasteiger partial charge in [0, 0.05) is 12.7 Å². The summed E-state index contributed by atoms with van der Waals surface area (Å²) in [7, 11) is 3.33. The quantitative estimate of drug-likeness (QED) is 0.879. The molecular weight excluding hydrogens is 268 g/mol. The number of carbonyl (C=O) groups is 2. The van der Waals surface area contributed by atoms with Crippen molar-refractivity contribution < 1.29 is 14.3 Å². The Hall–Kier alpha value is -2.82. The van der Waals surface area contributed by atoms with Gasteiger partial charge in [-0.2, -0.15) is 0 Å². The van der Waals surface area contributed by atoms with Crippen molar-refractivity contribution in [3.8, 4) is 5.75 Å². The summed E-state index contributed by atoms with van der Waals surface area (Å²) < 4.78 is 5.10. The number of hydrogen-bond acceptors (Lipinski definition) is 4. The molecule has 0 bridgehead atoms. The van der Waals surface area contributed by atoms with Gasteiger partial charge in [0.2, 0.25) is 0 Å². The van der Waals surface area contributed by atoms with Crippen LogP contribution in [0.3, 0.4) is 0 Å². The number of imide groups is 1. The number of ether oxygens (including phenoxy) is 1. The molecule has 5 nitrogen and oxygen atoms in total. The number of nitrogens with one attached hydrogen (secondary N) is 1. The van der Waals surface area contributed by atoms with Gasteiger partial charge in [0.15, 0.2) is 0 Å². The first-order valence-electron chi connectivity index (χ1n) is 6.50. The van der Waals surface area contributed by atoms with Crippen molar-refractivity contribution in [3.63, 3.8) is 0 Å². The number of methoxy groups -OCH3 is 1. The average molecular weight is 282 g/mol. The largest absolute Gasteiger partial charge is 0.497 e. The van der Waals surface area contributed by atoms with E-state index in [-0.39, 0.29) is 11.8 Å². The average Bonchev–Trinajstić information content (AvgIpc) is 2.78. The van der Waals surface area contributed by atoms with Crippen LogP contribution in [0.1, 0.15) is 20.7 Å². The summed E-state index contributed by atoms with van der Waals surface area (Å²) in [6.45, 7) is 0. The summed E-state index contributed by atoms with van der Waals surface area (Å²) in [6, 6.07) is 12.0. The number of nitrogens with zero attached hydrogens (tertiary/aromatic N) is 1. The molecule has 21 heavy (non-hydrogen) atoms. The van der Waals surface area contributed by atoms with E-state index in [9.17, 15) is 9.59 Å². The molecule has 0 aliphatic carbocycles. The molecule has 0 saturated carbocycles. The van der Waals surface area contributed by atoms with Crippen molar-refractivity contribution in [2.45, 2.75) is 0 Å². The number of rotatable bonds is 3. The highest BCUT2D eigenvalue weighted by Gasteiger charge is 2.36. The van der Waals surface area contributed by atoms with Crippen LogP contribution >= 0.6 is 0 Å². The summed E-state index contributed by atoms with van der Waals surface area (Å²) in [5.74, 6) is -0.0803. The van der Waals surface area contributed by atoms with E-state index in [2.05, 4.69) is 5.32 Å². The Kier molecular flexibility index (Phi) is 3.10. The SMILES string of the molecule is CNc1ccc(N2C(=O)c3ccc(OC)cc3C2=O)cc1. The Morgan fingerprint density at radius 2 is 1.62 bits per heavy atom. The zero-order chi connectivity index (χ0) is 15.0. The van der Waals surface area contributed by atoms with Gasteiger partial charge in [-0.1, -0.05) is 0 Å². The van der Waals surface area contributed by atoms with Crippen LogP contribution in [0, 0.1) is 0 Å². The highest BCUT2D eigenvalue weighted by molar-refractivity contribution is 6.34. The topological polar surface area (TPSA) is 58.6 Å². The predicted octanol–water partition coefficient (Wildman–Crippen LogP) is 2.54. The maximum absolute atomic E-state index is 12.5. The lowest BCUT2D eigenvalue weighted by Crippen LogP contribution is -2.29. The third-order valence-corrected chi connectivity index (χ3v) is 3.51. The third kappa shape index (κ3) is 2.03. The normalized spacial score (nSPS) is 13.3. The van der Waals surface area contributed by atoms with Crippen molar-refractivity contribution in [3.05, 3.63) is 53.6 Å². The monoisotopic (exact) mass is 282 g/mol. The van der Waals surface area contributed by atoms with E-state index in [0.717, 1.165) is 5.69 Å². The fraction of sp³-hybridized carbons (Fsp3) is 0.125. The van der Waals surface area contributed by atoms with E-state index in [4.69, 9.17) is 4.74 Å². The fourth-order valence-corrected chi connectivity index (χ4v) is 2.36. The van der Waals surface area contributed by atoms with Crippen LogP contribution in [0.5, 0.6) is 5.75 Å². The molecular formula is C16H14N2O3. The van der Waals surface area contributed by atoms with Gasteiger partial charge in [0.25, 0.3) is 11.8 Å². The summed E-state index contributed by atoms with van der Waals surface area (Å²) in [5.41, 5.74) is 2.24. The van der Waals surface area contributed by atoms with E-state index in [1.165, 1.54) is 12.0 Å². The van der Waals surface area contributed by atoms with Crippen LogP contribution in [0.25, 0.3) is 0 Å². The second-order valence-electron chi connectivity index (χ2n) is 4.65. The first kappa shape index (κ1) is 13.2. The molecule has 0 fully saturated rings. The van der Waals surface area contributed by atoms with E-state index in [1.54, 1.807) is 30.3 Å². The molecule has 0 unspecified atom stereocenters. The molecule has 0 saturated heterocycles. The minimum Gasteiger partial charge on any atom is -0.497 e. The van der Waals surface area contributed by atoms with Gasteiger partial charge in [-0.05, 0) is 42.5 Å². The number of hydrogen-bond donors (Lipinski definition) is 1. The lowest BCUT2D eigenvalue weighted by molar-refractivity contribution is 0.0926. The third-order valence-electron chi connectivity index (χ3n) is 3.51. The van der Waals surface area contributed by atoms with Gasteiger partial charge in [0.1, 0.15) is 5.75 Å². The molecule has 2 aromatic carbocycles. The minimum atomic E-state index is -0.328. The smallest absolute Gasteiger partial charge is 0.266 e. The van der Waals surface area contributed by atoms with Crippen LogP contribution in [0.2, 0.25) is 0 Å². The van der Waals surface area contributed by atoms with Crippen molar-refractivity contribution >= 4 is 23.2 Å². The first-order chi connectivity index (χ1) is 10.2. The fourth-order valence-electron chi connectivity index (χ4n) is 2.36. The molecule has 1 aliphatic rings. The standard InChI is InChI=1S/C16H14N2O3/c1-17-10-3-5-11(6-4-10)18-15(19)13-8-7-12(21-2)9-14(13)16(18)20/h3-9,17H,1-2H3. The summed E-state index contributed by atoms with van der Waals surface area (Å²) in [5, 5.41) is 2.99. The Bertz CT molecular complexity index is 723. The van der Waals surface area contributed by atoms with E-state index < -0.39 is 0 Å². The minimum absolute atomic E-state index is 0.310. The summed E-state index contributed by atoms with van der Waals surface area (Å²) in [4.78, 5) is 26.1. The Morgan fingerprint density at radius 3 is 2.24 bits per heavy atom. The molecule has 3 rings (SSSR count). The molecule has 0 aromatic heterocycles. The second-order valence-corrected chi connectivity index (χ2v) is 4.65. The van der Waals surface area contributed by atoms with Crippen LogP contribution in [0.4, 0.5) is 11.4 Å². The maximum atomic E-state index is 12.5. The molecule has 1 N–H and O–H groups in total. The van der Waals surface area contributed by atoms with Crippen molar-refractivity contribution in [2.75, 3.05) is 24.4 Å². The molecule has 1 heterocycles. The second kappa shape index (κ2) is 4.94. The lowest BCUT2D eigenvalue weighted by atomic mass is 10.1. The molecule has 2 amide bonds. The highest BCUT2D eigenvalue weighted by Crippen LogP contribution is 2.31. The molecule has 0 spiro atoms. The molecule has 5 heteroatoms. The first-order valence-corrected chi connectivity index (χ1v) is 6.50. The van der Waals surface area contributed by atoms with Gasteiger partial charge < -0.3 is 10.1 Å². The number of fused-ring (bicyclic) bond motifs is 1. The van der Waals surface area contributed by atoms with Crippen LogP contribution < -0.4 is 15.0 Å². The van der Waals surface area contributed by atoms with E-state index >= 15 is 0 Å². The Morgan fingerprint density at radius 1 is 0.952 bits per heavy atom. The number of amides is 2. The van der Waals surface area contributed by atoms with Crippen molar-refractivity contribution in [1.29, 1.82) is 0 Å². The van der Waals surface area contributed by atoms with E-state index in [0.29, 0.717) is 22.6 Å². The van der Waals surface area contributed by atoms with Crippen LogP contribution in [-0.4, -0.2) is 26.0 Å². The van der Waals surface area contributed by atoms with Crippen LogP contribution in [0.15, 0.2) is 42.5 Å². The molecule has 0 radical (unpaired) electrons. The van der Waals surface area contributed by atoms with Crippen LogP contribution in [-0.2, 0) is 0 Å². The Labute approximate surface area is 122 Å². The number of anilines is 2.